The number of ether oxygens (including phenoxy) is 1. The Balaban J connectivity index is 0.000000198. The molecule has 6 heteroatoms. The number of aromatic nitrogens is 2. The van der Waals surface area contributed by atoms with E-state index >= 15 is 0 Å². The summed E-state index contributed by atoms with van der Waals surface area (Å²) in [7, 11) is 0. The molecule has 1 saturated carbocycles. The molecule has 1 aliphatic carbocycles. The molecule has 1 aromatic heterocycles. The number of aromatic amines is 1. The van der Waals surface area contributed by atoms with Crippen LogP contribution >= 0.6 is 0 Å². The van der Waals surface area contributed by atoms with Crippen molar-refractivity contribution in [3.63, 3.8) is 0 Å². The minimum atomic E-state index is -0.786. The maximum absolute atomic E-state index is 11.5. The van der Waals surface area contributed by atoms with Gasteiger partial charge in [-0.1, -0.05) is 43.2 Å². The van der Waals surface area contributed by atoms with Gasteiger partial charge in [-0.05, 0) is 45.1 Å². The lowest BCUT2D eigenvalue weighted by molar-refractivity contribution is -0.147. The van der Waals surface area contributed by atoms with Crippen molar-refractivity contribution < 1.29 is 14.3 Å². The Kier molecular flexibility index (Phi) is 7.58. The van der Waals surface area contributed by atoms with Crippen molar-refractivity contribution in [2.24, 2.45) is 0 Å². The number of benzene rings is 1. The van der Waals surface area contributed by atoms with E-state index in [1.165, 1.54) is 38.2 Å². The predicted octanol–water partition coefficient (Wildman–Crippen LogP) is 3.88. The van der Waals surface area contributed by atoms with Crippen LogP contribution < -0.4 is 5.73 Å². The fourth-order valence-corrected chi connectivity index (χ4v) is 3.59. The molecule has 3 rings (SSSR count). The van der Waals surface area contributed by atoms with Crippen molar-refractivity contribution in [1.29, 1.82) is 0 Å². The third-order valence-electron chi connectivity index (χ3n) is 4.85. The summed E-state index contributed by atoms with van der Waals surface area (Å²) in [4.78, 5) is 22.9. The summed E-state index contributed by atoms with van der Waals surface area (Å²) < 4.78 is 4.86. The van der Waals surface area contributed by atoms with Crippen molar-refractivity contribution in [1.82, 2.24) is 10.2 Å². The Labute approximate surface area is 160 Å². The molecule has 0 spiro atoms. The summed E-state index contributed by atoms with van der Waals surface area (Å²) in [6, 6.07) is 8.94. The van der Waals surface area contributed by atoms with Gasteiger partial charge >= 0.3 is 5.97 Å². The third kappa shape index (κ3) is 5.42. The molecule has 146 valence electrons. The second-order valence-electron chi connectivity index (χ2n) is 6.84. The molecule has 3 N–H and O–H groups in total. The number of nitrogens with zero attached hydrogens (tertiary/aromatic N) is 1. The van der Waals surface area contributed by atoms with Crippen molar-refractivity contribution >= 4 is 17.6 Å². The van der Waals surface area contributed by atoms with Crippen LogP contribution in [-0.2, 0) is 14.3 Å². The molecule has 0 saturated heterocycles. The molecule has 0 radical (unpaired) electrons. The van der Waals surface area contributed by atoms with Gasteiger partial charge in [0, 0.05) is 11.3 Å². The number of hydrogen-bond donors (Lipinski definition) is 2. The molecular weight excluding hydrogens is 342 g/mol. The number of carbonyl (C=O) groups excluding carboxylic acids is 2. The van der Waals surface area contributed by atoms with Crippen molar-refractivity contribution in [2.45, 2.75) is 58.3 Å². The zero-order valence-corrected chi connectivity index (χ0v) is 16.3. The number of esters is 1. The molecule has 1 fully saturated rings. The largest absolute Gasteiger partial charge is 0.465 e. The third-order valence-corrected chi connectivity index (χ3v) is 4.85. The van der Waals surface area contributed by atoms with Crippen LogP contribution in [0.5, 0.6) is 0 Å². The molecule has 0 bridgehead atoms. The normalized spacial score (nSPS) is 14.9. The van der Waals surface area contributed by atoms with Crippen LogP contribution in [-0.4, -0.2) is 28.6 Å². The maximum Gasteiger partial charge on any atom is 0.320 e. The first-order chi connectivity index (χ1) is 13.0. The molecule has 0 aliphatic heterocycles. The van der Waals surface area contributed by atoms with Crippen LogP contribution in [0.15, 0.2) is 30.3 Å². The molecular formula is C21H29N3O3. The summed E-state index contributed by atoms with van der Waals surface area (Å²) in [6.07, 6.45) is 5.25. The number of aryl methyl sites for hydroxylation is 1. The highest BCUT2D eigenvalue weighted by atomic mass is 16.5. The van der Waals surface area contributed by atoms with E-state index in [1.807, 2.05) is 6.07 Å². The van der Waals surface area contributed by atoms with Gasteiger partial charge in [-0.15, -0.1) is 0 Å². The molecule has 6 nitrogen and oxygen atoms in total. The number of hydrogen-bond acceptors (Lipinski definition) is 5. The topological polar surface area (TPSA) is 98.1 Å². The van der Waals surface area contributed by atoms with E-state index in [0.29, 0.717) is 17.3 Å². The molecule has 0 amide bonds. The molecule has 2 aromatic rings. The summed E-state index contributed by atoms with van der Waals surface area (Å²) in [5.41, 5.74) is 8.89. The summed E-state index contributed by atoms with van der Waals surface area (Å²) in [5.74, 6) is -0.0786. The standard InChI is InChI=1S/C12H14O3.C9H15N3/c1-3-15-12(14)11(9(2)13)10-7-5-4-6-8-10;1-6-8(9(10)12-11-6)7-4-2-3-5-7/h4-8,11H,3H2,1-2H3;7H,2-5H2,1H3,(H3,10,11,12). The van der Waals surface area contributed by atoms with Gasteiger partial charge in [0.2, 0.25) is 0 Å². The highest BCUT2D eigenvalue weighted by Crippen LogP contribution is 2.37. The maximum atomic E-state index is 11.5. The van der Waals surface area contributed by atoms with Gasteiger partial charge in [-0.2, -0.15) is 5.10 Å². The number of nitrogen functional groups attached to an aromatic ring is 1. The zero-order chi connectivity index (χ0) is 19.8. The van der Waals surface area contributed by atoms with Crippen LogP contribution in [0.4, 0.5) is 5.82 Å². The number of H-pyrrole nitrogens is 1. The van der Waals surface area contributed by atoms with Gasteiger partial charge in [0.05, 0.1) is 6.61 Å². The van der Waals surface area contributed by atoms with E-state index in [-0.39, 0.29) is 12.4 Å². The first-order valence-electron chi connectivity index (χ1n) is 9.48. The minimum absolute atomic E-state index is 0.195. The highest BCUT2D eigenvalue weighted by Gasteiger charge is 2.26. The summed E-state index contributed by atoms with van der Waals surface area (Å²) in [6.45, 7) is 5.46. The van der Waals surface area contributed by atoms with Crippen LogP contribution in [0.3, 0.4) is 0 Å². The Morgan fingerprint density at radius 2 is 1.89 bits per heavy atom. The molecule has 1 unspecified atom stereocenters. The van der Waals surface area contributed by atoms with Crippen LogP contribution in [0.1, 0.15) is 68.2 Å². The van der Waals surface area contributed by atoms with E-state index in [0.717, 1.165) is 5.69 Å². The number of Topliss-reactive ketones (excluding diaryl/α,β-unsaturated/α-hetero) is 1. The number of nitrogens with two attached hydrogens (primary N) is 1. The van der Waals surface area contributed by atoms with Gasteiger partial charge in [-0.3, -0.25) is 14.7 Å². The molecule has 1 heterocycles. The first kappa shape index (κ1) is 20.7. The average molecular weight is 371 g/mol. The predicted molar refractivity (Wildman–Crippen MR) is 105 cm³/mol. The minimum Gasteiger partial charge on any atom is -0.465 e. The quantitative estimate of drug-likeness (QED) is 0.614. The fourth-order valence-electron chi connectivity index (χ4n) is 3.59. The second kappa shape index (κ2) is 9.90. The van der Waals surface area contributed by atoms with Crippen LogP contribution in [0.25, 0.3) is 0 Å². The van der Waals surface area contributed by atoms with Gasteiger partial charge in [0.1, 0.15) is 17.5 Å². The fraction of sp³-hybridized carbons (Fsp3) is 0.476. The zero-order valence-electron chi connectivity index (χ0n) is 16.3. The van der Waals surface area contributed by atoms with E-state index in [1.54, 1.807) is 31.2 Å². The van der Waals surface area contributed by atoms with Gasteiger partial charge in [0.25, 0.3) is 0 Å². The van der Waals surface area contributed by atoms with E-state index in [2.05, 4.69) is 17.1 Å². The number of ketones is 1. The van der Waals surface area contributed by atoms with Gasteiger partial charge in [-0.25, -0.2) is 0 Å². The van der Waals surface area contributed by atoms with Gasteiger partial charge in [0.15, 0.2) is 0 Å². The molecule has 1 aromatic carbocycles. The van der Waals surface area contributed by atoms with Crippen molar-refractivity contribution in [3.05, 3.63) is 47.2 Å². The first-order valence-corrected chi connectivity index (χ1v) is 9.48. The Bertz CT molecular complexity index is 730. The van der Waals surface area contributed by atoms with Crippen molar-refractivity contribution in [3.8, 4) is 0 Å². The summed E-state index contributed by atoms with van der Waals surface area (Å²) in [5, 5.41) is 6.95. The van der Waals surface area contributed by atoms with Crippen molar-refractivity contribution in [2.75, 3.05) is 12.3 Å². The highest BCUT2D eigenvalue weighted by molar-refractivity contribution is 6.03. The number of anilines is 1. The van der Waals surface area contributed by atoms with Gasteiger partial charge < -0.3 is 10.5 Å². The SMILES string of the molecule is CCOC(=O)C(C(C)=O)c1ccccc1.Cc1[nH]nc(N)c1C1CCCC1. The lowest BCUT2D eigenvalue weighted by Gasteiger charge is -2.12. The number of nitrogens with one attached hydrogen (secondary N) is 1. The Morgan fingerprint density at radius 1 is 1.26 bits per heavy atom. The smallest absolute Gasteiger partial charge is 0.320 e. The Morgan fingerprint density at radius 3 is 2.37 bits per heavy atom. The van der Waals surface area contributed by atoms with Crippen LogP contribution in [0, 0.1) is 6.92 Å². The lowest BCUT2D eigenvalue weighted by Crippen LogP contribution is -2.22. The summed E-state index contributed by atoms with van der Waals surface area (Å²) >= 11 is 0. The second-order valence-corrected chi connectivity index (χ2v) is 6.84. The van der Waals surface area contributed by atoms with E-state index < -0.39 is 11.9 Å². The molecule has 1 atom stereocenters. The number of carbonyl (C=O) groups is 2. The monoisotopic (exact) mass is 371 g/mol. The Hall–Kier alpha value is -2.63. The average Bonchev–Trinajstić information content (AvgIpc) is 3.26. The van der Waals surface area contributed by atoms with E-state index in [9.17, 15) is 9.59 Å². The van der Waals surface area contributed by atoms with E-state index in [4.69, 9.17) is 10.5 Å². The van der Waals surface area contributed by atoms with Crippen LogP contribution in [0.2, 0.25) is 0 Å². The lowest BCUT2D eigenvalue weighted by atomic mass is 9.96. The molecule has 1 aliphatic rings. The number of rotatable bonds is 5. The molecule has 27 heavy (non-hydrogen) atoms.